The molecule has 0 aliphatic carbocycles. The maximum absolute atomic E-state index is 11.8. The summed E-state index contributed by atoms with van der Waals surface area (Å²) in [7, 11) is 0. The average Bonchev–Trinajstić information content (AvgIpc) is 2.65. The van der Waals surface area contributed by atoms with Crippen LogP contribution >= 0.6 is 11.6 Å². The number of benzene rings is 1. The Kier molecular flexibility index (Phi) is 4.25. The maximum atomic E-state index is 11.8. The van der Waals surface area contributed by atoms with Crippen molar-refractivity contribution in [1.82, 2.24) is 5.32 Å². The minimum atomic E-state index is -0.561. The van der Waals surface area contributed by atoms with E-state index in [0.717, 1.165) is 5.56 Å². The monoisotopic (exact) mass is 291 g/mol. The van der Waals surface area contributed by atoms with E-state index in [2.05, 4.69) is 5.32 Å². The molecule has 0 spiro atoms. The smallest absolute Gasteiger partial charge is 0.263 e. The van der Waals surface area contributed by atoms with Crippen LogP contribution in [0.3, 0.4) is 0 Å². The third-order valence-electron chi connectivity index (χ3n) is 2.88. The maximum Gasteiger partial charge on any atom is 0.263 e. The molecule has 2 rings (SSSR count). The third kappa shape index (κ3) is 2.91. The molecule has 104 valence electrons. The second kappa shape index (κ2) is 5.92. The molecule has 1 aliphatic rings. The largest absolute Gasteiger partial charge is 0.505 e. The van der Waals surface area contributed by atoms with Crippen molar-refractivity contribution >= 4 is 29.4 Å². The summed E-state index contributed by atoms with van der Waals surface area (Å²) in [6.45, 7) is 1.84. The molecule has 0 radical (unpaired) electrons. The normalized spacial score (nSPS) is 16.7. The molecule has 0 atom stereocenters. The predicted molar refractivity (Wildman–Crippen MR) is 77.1 cm³/mol. The molecule has 0 unspecified atom stereocenters. The highest BCUT2D eigenvalue weighted by atomic mass is 35.5. The van der Waals surface area contributed by atoms with Crippen molar-refractivity contribution < 1.29 is 14.7 Å². The van der Waals surface area contributed by atoms with Crippen molar-refractivity contribution in [2.24, 2.45) is 0 Å². The van der Waals surface area contributed by atoms with Gasteiger partial charge >= 0.3 is 0 Å². The Morgan fingerprint density at radius 1 is 1.45 bits per heavy atom. The van der Waals surface area contributed by atoms with Gasteiger partial charge in [-0.15, -0.1) is 0 Å². The number of amides is 1. The van der Waals surface area contributed by atoms with Crippen LogP contribution in [0.25, 0.3) is 6.08 Å². The third-order valence-corrected chi connectivity index (χ3v) is 3.12. The van der Waals surface area contributed by atoms with Gasteiger partial charge in [-0.2, -0.15) is 0 Å². The van der Waals surface area contributed by atoms with Crippen LogP contribution in [0.15, 0.2) is 41.3 Å². The van der Waals surface area contributed by atoms with Gasteiger partial charge in [-0.3, -0.25) is 9.59 Å². The number of aliphatic hydroxyl groups is 1. The Bertz CT molecular complexity index is 632. The van der Waals surface area contributed by atoms with Crippen molar-refractivity contribution in [2.45, 2.75) is 19.8 Å². The van der Waals surface area contributed by atoms with Crippen LogP contribution in [-0.2, 0) is 9.59 Å². The van der Waals surface area contributed by atoms with Gasteiger partial charge < -0.3 is 10.4 Å². The molecule has 1 aromatic rings. The topological polar surface area (TPSA) is 66.4 Å². The lowest BCUT2D eigenvalue weighted by Crippen LogP contribution is -2.20. The lowest BCUT2D eigenvalue weighted by molar-refractivity contribution is -0.121. The molecule has 5 heteroatoms. The Balaban J connectivity index is 2.36. The van der Waals surface area contributed by atoms with Crippen LogP contribution in [0.1, 0.15) is 25.3 Å². The number of aliphatic hydroxyl groups excluding tert-OH is 1. The van der Waals surface area contributed by atoms with E-state index in [1.165, 1.54) is 0 Å². The van der Waals surface area contributed by atoms with Crippen LogP contribution in [0.2, 0.25) is 5.02 Å². The number of ketones is 1. The number of hydrogen-bond acceptors (Lipinski definition) is 3. The van der Waals surface area contributed by atoms with E-state index in [9.17, 15) is 14.7 Å². The van der Waals surface area contributed by atoms with E-state index < -0.39 is 5.91 Å². The Labute approximate surface area is 121 Å². The second-order valence-corrected chi connectivity index (χ2v) is 4.90. The zero-order chi connectivity index (χ0) is 14.7. The van der Waals surface area contributed by atoms with Gasteiger partial charge in [-0.25, -0.2) is 0 Å². The van der Waals surface area contributed by atoms with Crippen molar-refractivity contribution in [3.8, 4) is 0 Å². The molecule has 4 nitrogen and oxygen atoms in total. The van der Waals surface area contributed by atoms with E-state index in [-0.39, 0.29) is 29.2 Å². The minimum absolute atomic E-state index is 0.167. The van der Waals surface area contributed by atoms with Crippen LogP contribution in [0.5, 0.6) is 0 Å². The van der Waals surface area contributed by atoms with Gasteiger partial charge in [0.05, 0.1) is 5.70 Å². The highest BCUT2D eigenvalue weighted by Crippen LogP contribution is 2.23. The number of nitrogens with one attached hydrogen (secondary N) is 1. The first-order valence-corrected chi connectivity index (χ1v) is 6.66. The summed E-state index contributed by atoms with van der Waals surface area (Å²) < 4.78 is 0. The van der Waals surface area contributed by atoms with Crippen LogP contribution in [-0.4, -0.2) is 16.8 Å². The van der Waals surface area contributed by atoms with E-state index in [1.54, 1.807) is 30.3 Å². The average molecular weight is 292 g/mol. The molecule has 1 aromatic carbocycles. The van der Waals surface area contributed by atoms with E-state index >= 15 is 0 Å². The summed E-state index contributed by atoms with van der Waals surface area (Å²) in [6, 6.07) is 6.96. The summed E-state index contributed by atoms with van der Waals surface area (Å²) in [6.07, 6.45) is 2.43. The first-order valence-electron chi connectivity index (χ1n) is 6.28. The molecule has 0 bridgehead atoms. The molecule has 0 aromatic heterocycles. The van der Waals surface area contributed by atoms with Crippen molar-refractivity contribution in [3.63, 3.8) is 0 Å². The summed E-state index contributed by atoms with van der Waals surface area (Å²) in [5.74, 6) is -1.21. The molecule has 1 aliphatic heterocycles. The predicted octanol–water partition coefficient (Wildman–Crippen LogP) is 2.99. The van der Waals surface area contributed by atoms with Gasteiger partial charge in [0.2, 0.25) is 0 Å². The lowest BCUT2D eigenvalue weighted by atomic mass is 10.1. The summed E-state index contributed by atoms with van der Waals surface area (Å²) >= 11 is 5.87. The molecule has 0 saturated carbocycles. The van der Waals surface area contributed by atoms with Crippen molar-refractivity contribution in [2.75, 3.05) is 0 Å². The van der Waals surface area contributed by atoms with E-state index in [0.29, 0.717) is 11.4 Å². The number of Topliss-reactive ketones (excluding diaryl/α,β-unsaturated/α-hetero) is 1. The Hall–Kier alpha value is -2.07. The SMILES string of the molecule is CCCC(=O)C1=C(O)/C(=C/c2cccc(Cl)c2)NC1=O. The molecule has 20 heavy (non-hydrogen) atoms. The van der Waals surface area contributed by atoms with Gasteiger partial charge in [-0.1, -0.05) is 30.7 Å². The van der Waals surface area contributed by atoms with E-state index in [4.69, 9.17) is 11.6 Å². The van der Waals surface area contributed by atoms with Crippen LogP contribution < -0.4 is 5.32 Å². The second-order valence-electron chi connectivity index (χ2n) is 4.46. The Morgan fingerprint density at radius 3 is 2.85 bits per heavy atom. The quantitative estimate of drug-likeness (QED) is 0.838. The first kappa shape index (κ1) is 14.3. The summed E-state index contributed by atoms with van der Waals surface area (Å²) in [4.78, 5) is 23.5. The Morgan fingerprint density at radius 2 is 2.20 bits per heavy atom. The molecular formula is C15H14ClNO3. The number of rotatable bonds is 4. The fraction of sp³-hybridized carbons (Fsp3) is 0.200. The van der Waals surface area contributed by atoms with Crippen molar-refractivity contribution in [1.29, 1.82) is 0 Å². The fourth-order valence-electron chi connectivity index (χ4n) is 1.96. The van der Waals surface area contributed by atoms with Crippen LogP contribution in [0, 0.1) is 0 Å². The van der Waals surface area contributed by atoms with Gasteiger partial charge in [0.15, 0.2) is 11.5 Å². The molecule has 2 N–H and O–H groups in total. The van der Waals surface area contributed by atoms with Gasteiger partial charge in [-0.05, 0) is 30.2 Å². The number of halogens is 1. The summed E-state index contributed by atoms with van der Waals surface area (Å²) in [5, 5.41) is 13.1. The zero-order valence-corrected chi connectivity index (χ0v) is 11.7. The highest BCUT2D eigenvalue weighted by Gasteiger charge is 2.31. The van der Waals surface area contributed by atoms with Gasteiger partial charge in [0.25, 0.3) is 5.91 Å². The number of hydrogen-bond donors (Lipinski definition) is 2. The van der Waals surface area contributed by atoms with Gasteiger partial charge in [0.1, 0.15) is 5.57 Å². The summed E-state index contributed by atoms with van der Waals surface area (Å²) in [5.41, 5.74) is 0.778. The zero-order valence-electron chi connectivity index (χ0n) is 10.9. The molecule has 1 heterocycles. The molecular weight excluding hydrogens is 278 g/mol. The molecule has 1 amide bonds. The molecule has 0 fully saturated rings. The first-order chi connectivity index (χ1) is 9.52. The molecule has 0 saturated heterocycles. The lowest BCUT2D eigenvalue weighted by Gasteiger charge is -2.00. The number of carbonyl (C=O) groups is 2. The van der Waals surface area contributed by atoms with E-state index in [1.807, 2.05) is 6.92 Å². The standard InChI is InChI=1S/C15H14ClNO3/c1-2-4-12(18)13-14(19)11(17-15(13)20)8-9-5-3-6-10(16)7-9/h3,5-8,19H,2,4H2,1H3,(H,17,20)/b11-8-. The minimum Gasteiger partial charge on any atom is -0.505 e. The van der Waals surface area contributed by atoms with Crippen LogP contribution in [0.4, 0.5) is 0 Å². The highest BCUT2D eigenvalue weighted by molar-refractivity contribution is 6.30. The number of carbonyl (C=O) groups excluding carboxylic acids is 2. The van der Waals surface area contributed by atoms with Crippen molar-refractivity contribution in [3.05, 3.63) is 51.9 Å². The van der Waals surface area contributed by atoms with Gasteiger partial charge in [0, 0.05) is 11.4 Å². The fourth-order valence-corrected chi connectivity index (χ4v) is 2.16.